The lowest BCUT2D eigenvalue weighted by Crippen LogP contribution is -2.42. The lowest BCUT2D eigenvalue weighted by molar-refractivity contribution is -0.139. The van der Waals surface area contributed by atoms with E-state index in [4.69, 9.17) is 9.26 Å². The van der Waals surface area contributed by atoms with E-state index < -0.39 is 0 Å². The number of benzene rings is 1. The average molecular weight is 443 g/mol. The van der Waals surface area contributed by atoms with Gasteiger partial charge < -0.3 is 19.1 Å². The summed E-state index contributed by atoms with van der Waals surface area (Å²) in [6.45, 7) is 3.32. The van der Waals surface area contributed by atoms with E-state index in [2.05, 4.69) is 10.1 Å². The van der Waals surface area contributed by atoms with Crippen LogP contribution in [-0.2, 0) is 22.4 Å². The van der Waals surface area contributed by atoms with Crippen LogP contribution in [0.1, 0.15) is 46.4 Å². The van der Waals surface area contributed by atoms with Gasteiger partial charge in [0.15, 0.2) is 5.82 Å². The zero-order chi connectivity index (χ0) is 22.0. The largest absolute Gasteiger partial charge is 0.370 e. The Morgan fingerprint density at radius 3 is 2.84 bits per heavy atom. The second-order valence-electron chi connectivity index (χ2n) is 7.70. The smallest absolute Gasteiger partial charge is 0.263 e. The number of nitrogens with zero attached hydrogens (tertiary/aromatic N) is 4. The first-order valence-corrected chi connectivity index (χ1v) is 11.2. The number of fused-ring (bicyclic) bond motifs is 1. The van der Waals surface area contributed by atoms with Gasteiger partial charge in [-0.15, -0.1) is 11.3 Å². The second-order valence-corrected chi connectivity index (χ2v) is 8.75. The minimum atomic E-state index is -0.345. The van der Waals surface area contributed by atoms with Crippen molar-refractivity contribution < 1.29 is 18.8 Å². The van der Waals surface area contributed by atoms with Crippen LogP contribution in [0.15, 0.2) is 28.8 Å². The number of hydrogen-bond acceptors (Lipinski definition) is 7. The summed E-state index contributed by atoms with van der Waals surface area (Å²) < 4.78 is 12.3. The van der Waals surface area contributed by atoms with Gasteiger partial charge in [0.25, 0.3) is 5.91 Å². The quantitative estimate of drug-likeness (QED) is 0.583. The van der Waals surface area contributed by atoms with Gasteiger partial charge in [0, 0.05) is 50.2 Å². The summed E-state index contributed by atoms with van der Waals surface area (Å²) in [5.74, 6) is 1.10. The molecule has 1 saturated heterocycles. The number of carbonyl (C=O) groups excluding carboxylic acids is 2. The number of aryl methyl sites for hydroxylation is 2. The predicted molar refractivity (Wildman–Crippen MR) is 117 cm³/mol. The topological polar surface area (TPSA) is 88.8 Å². The Bertz CT molecular complexity index is 1090. The number of hydrogen-bond donors (Lipinski definition) is 0. The van der Waals surface area contributed by atoms with Crippen molar-refractivity contribution in [3.8, 4) is 0 Å². The molecule has 0 saturated carbocycles. The highest BCUT2D eigenvalue weighted by molar-refractivity contribution is 7.21. The molecule has 3 aromatic rings. The van der Waals surface area contributed by atoms with Crippen molar-refractivity contribution in [3.63, 3.8) is 0 Å². The van der Waals surface area contributed by atoms with Crippen molar-refractivity contribution >= 4 is 33.2 Å². The molecule has 1 aliphatic heterocycles. The van der Waals surface area contributed by atoms with Crippen molar-refractivity contribution in [3.05, 3.63) is 46.4 Å². The molecule has 2 amide bonds. The molecule has 3 heterocycles. The first kappa shape index (κ1) is 21.5. The molecule has 1 atom stereocenters. The van der Waals surface area contributed by atoms with E-state index in [1.54, 1.807) is 19.0 Å². The van der Waals surface area contributed by atoms with Crippen LogP contribution >= 0.6 is 11.3 Å². The van der Waals surface area contributed by atoms with Crippen LogP contribution in [0.3, 0.4) is 0 Å². The minimum absolute atomic E-state index is 0.0181. The van der Waals surface area contributed by atoms with E-state index in [1.807, 2.05) is 36.1 Å². The first-order valence-electron chi connectivity index (χ1n) is 10.4. The highest BCUT2D eigenvalue weighted by atomic mass is 32.1. The Hall–Kier alpha value is -2.78. The van der Waals surface area contributed by atoms with Crippen molar-refractivity contribution in [1.82, 2.24) is 19.9 Å². The Morgan fingerprint density at radius 2 is 2.10 bits per heavy atom. The summed E-state index contributed by atoms with van der Waals surface area (Å²) in [5.41, 5.74) is 0.876. The molecule has 0 aliphatic carbocycles. The Labute approximate surface area is 184 Å². The molecule has 0 N–H and O–H groups in total. The molecule has 4 rings (SSSR count). The maximum atomic E-state index is 12.9. The van der Waals surface area contributed by atoms with Crippen LogP contribution in [0.5, 0.6) is 0 Å². The molecule has 31 heavy (non-hydrogen) atoms. The van der Waals surface area contributed by atoms with Gasteiger partial charge >= 0.3 is 0 Å². The highest BCUT2D eigenvalue weighted by Gasteiger charge is 2.31. The van der Waals surface area contributed by atoms with Gasteiger partial charge in [0.1, 0.15) is 6.10 Å². The van der Waals surface area contributed by atoms with Crippen LogP contribution < -0.4 is 0 Å². The van der Waals surface area contributed by atoms with Crippen LogP contribution in [0.4, 0.5) is 0 Å². The first-order chi connectivity index (χ1) is 15.0. The Balaban J connectivity index is 1.53. The Kier molecular flexibility index (Phi) is 6.33. The summed E-state index contributed by atoms with van der Waals surface area (Å²) >= 11 is 1.47. The fourth-order valence-electron chi connectivity index (χ4n) is 3.70. The summed E-state index contributed by atoms with van der Waals surface area (Å²) in [7, 11) is 3.49. The van der Waals surface area contributed by atoms with Gasteiger partial charge in [0.05, 0.1) is 18.0 Å². The summed E-state index contributed by atoms with van der Waals surface area (Å²) in [4.78, 5) is 34.0. The number of ether oxygens (including phenoxy) is 1. The molecular formula is C22H26N4O4S. The molecule has 1 unspecified atom stereocenters. The summed E-state index contributed by atoms with van der Waals surface area (Å²) in [5, 5.41) is 4.88. The molecule has 1 aliphatic rings. The molecule has 0 radical (unpaired) electrons. The van der Waals surface area contributed by atoms with Gasteiger partial charge in [-0.3, -0.25) is 9.59 Å². The average Bonchev–Trinajstić information content (AvgIpc) is 3.41. The van der Waals surface area contributed by atoms with E-state index in [-0.39, 0.29) is 17.9 Å². The van der Waals surface area contributed by atoms with E-state index in [9.17, 15) is 9.59 Å². The molecule has 0 spiro atoms. The lowest BCUT2D eigenvalue weighted by atomic mass is 10.0. The number of rotatable bonds is 6. The van der Waals surface area contributed by atoms with Crippen LogP contribution in [-0.4, -0.2) is 65.5 Å². The van der Waals surface area contributed by atoms with Gasteiger partial charge in [-0.25, -0.2) is 0 Å². The number of aromatic nitrogens is 2. The van der Waals surface area contributed by atoms with E-state index in [1.165, 1.54) is 11.3 Å². The lowest BCUT2D eigenvalue weighted by Gasteiger charge is -2.33. The van der Waals surface area contributed by atoms with Crippen LogP contribution in [0.2, 0.25) is 0 Å². The number of carbonyl (C=O) groups is 2. The molecule has 1 aromatic carbocycles. The summed E-state index contributed by atoms with van der Waals surface area (Å²) in [6.07, 6.45) is 1.07. The predicted octanol–water partition coefficient (Wildman–Crippen LogP) is 3.08. The monoisotopic (exact) mass is 442 g/mol. The number of morpholine rings is 1. The van der Waals surface area contributed by atoms with Gasteiger partial charge in [-0.1, -0.05) is 30.3 Å². The van der Waals surface area contributed by atoms with Gasteiger partial charge in [-0.2, -0.15) is 4.98 Å². The zero-order valence-electron chi connectivity index (χ0n) is 18.0. The molecular weight excluding hydrogens is 416 g/mol. The standard InChI is InChI=1S/C22H26N4O4S/c1-4-17-23-18(30-24-17)9-10-19(27)26-11-12-29-15(13-26)20-14-7-5-6-8-16(14)31-21(20)22(28)25(2)3/h5-8,15H,4,9-13H2,1-3H3. The normalized spacial score (nSPS) is 16.6. The summed E-state index contributed by atoms with van der Waals surface area (Å²) in [6, 6.07) is 7.95. The molecule has 164 valence electrons. The third-order valence-electron chi connectivity index (χ3n) is 5.35. The fraction of sp³-hybridized carbons (Fsp3) is 0.455. The Morgan fingerprint density at radius 1 is 1.29 bits per heavy atom. The number of amides is 2. The fourth-order valence-corrected chi connectivity index (χ4v) is 4.98. The molecule has 9 heteroatoms. The highest BCUT2D eigenvalue weighted by Crippen LogP contribution is 2.38. The van der Waals surface area contributed by atoms with E-state index >= 15 is 0 Å². The number of thiophene rings is 1. The zero-order valence-corrected chi connectivity index (χ0v) is 18.8. The maximum Gasteiger partial charge on any atom is 0.263 e. The molecule has 8 nitrogen and oxygen atoms in total. The van der Waals surface area contributed by atoms with Gasteiger partial charge in [0.2, 0.25) is 11.8 Å². The molecule has 0 bridgehead atoms. The SMILES string of the molecule is CCc1noc(CCC(=O)N2CCOC(c3c(C(=O)N(C)C)sc4ccccc34)C2)n1. The molecule has 2 aromatic heterocycles. The van der Waals surface area contributed by atoms with Crippen molar-refractivity contribution in [2.45, 2.75) is 32.3 Å². The van der Waals surface area contributed by atoms with Crippen molar-refractivity contribution in [1.29, 1.82) is 0 Å². The van der Waals surface area contributed by atoms with E-state index in [0.29, 0.717) is 55.6 Å². The van der Waals surface area contributed by atoms with E-state index in [0.717, 1.165) is 15.6 Å². The second kappa shape index (κ2) is 9.15. The van der Waals surface area contributed by atoms with Crippen molar-refractivity contribution in [2.24, 2.45) is 0 Å². The van der Waals surface area contributed by atoms with Crippen LogP contribution in [0.25, 0.3) is 10.1 Å². The molecule has 1 fully saturated rings. The minimum Gasteiger partial charge on any atom is -0.370 e. The van der Waals surface area contributed by atoms with Crippen molar-refractivity contribution in [2.75, 3.05) is 33.8 Å². The third kappa shape index (κ3) is 4.47. The third-order valence-corrected chi connectivity index (χ3v) is 6.53. The van der Waals surface area contributed by atoms with Gasteiger partial charge in [-0.05, 0) is 11.5 Å². The van der Waals surface area contributed by atoms with Crippen LogP contribution in [0, 0.1) is 0 Å². The maximum absolute atomic E-state index is 12.9.